The summed E-state index contributed by atoms with van der Waals surface area (Å²) < 4.78 is 22.3. The first-order valence-corrected chi connectivity index (χ1v) is 11.2. The van der Waals surface area contributed by atoms with Crippen molar-refractivity contribution in [3.8, 4) is 0 Å². The van der Waals surface area contributed by atoms with Crippen molar-refractivity contribution in [3.05, 3.63) is 24.3 Å². The Morgan fingerprint density at radius 3 is 2.58 bits per heavy atom. The maximum atomic E-state index is 13.2. The SMILES string of the molecule is C=C1C(=O)OC2CC(C)C3OC3C(=O)C(C)(O)C(OC(=O)CC(C)C)C(OC(=O)C=CC)C12. The monoisotopic (exact) mass is 464 g/mol. The van der Waals surface area contributed by atoms with Crippen LogP contribution in [0, 0.1) is 17.8 Å². The van der Waals surface area contributed by atoms with Crippen LogP contribution in [-0.2, 0) is 38.1 Å². The zero-order valence-electron chi connectivity index (χ0n) is 19.6. The van der Waals surface area contributed by atoms with Gasteiger partial charge in [0.1, 0.15) is 12.2 Å². The van der Waals surface area contributed by atoms with Gasteiger partial charge in [0, 0.05) is 18.1 Å². The van der Waals surface area contributed by atoms with Gasteiger partial charge in [-0.3, -0.25) is 9.59 Å². The first kappa shape index (κ1) is 25.1. The molecule has 0 bridgehead atoms. The van der Waals surface area contributed by atoms with Gasteiger partial charge in [-0.25, -0.2) is 9.59 Å². The van der Waals surface area contributed by atoms with Crippen LogP contribution in [0.15, 0.2) is 24.3 Å². The van der Waals surface area contributed by atoms with E-state index in [-0.39, 0.29) is 23.8 Å². The molecular formula is C24H32O9. The summed E-state index contributed by atoms with van der Waals surface area (Å²) in [6.07, 6.45) is -2.19. The van der Waals surface area contributed by atoms with E-state index >= 15 is 0 Å². The highest BCUT2D eigenvalue weighted by atomic mass is 16.6. The Balaban J connectivity index is 2.11. The summed E-state index contributed by atoms with van der Waals surface area (Å²) in [6, 6.07) is 0. The van der Waals surface area contributed by atoms with Gasteiger partial charge in [0.2, 0.25) is 0 Å². The van der Waals surface area contributed by atoms with E-state index in [1.54, 1.807) is 6.92 Å². The fourth-order valence-electron chi connectivity index (χ4n) is 4.61. The van der Waals surface area contributed by atoms with Crippen molar-refractivity contribution >= 4 is 23.7 Å². The number of carbonyl (C=O) groups excluding carboxylic acids is 4. The lowest BCUT2D eigenvalue weighted by Crippen LogP contribution is -2.60. The van der Waals surface area contributed by atoms with E-state index in [4.69, 9.17) is 18.9 Å². The Hall–Kier alpha value is -2.52. The number of hydrogen-bond donors (Lipinski definition) is 1. The standard InChI is InChI=1S/C24H32O9/c1-7-8-15(25)31-19-17-13(5)23(28)30-14(17)10-12(4)18-20(33-18)21(27)24(6,29)22(19)32-16(26)9-11(2)3/h7-8,11-12,14,17-20,22,29H,5,9-10H2,1-4,6H3. The first-order chi connectivity index (χ1) is 15.4. The van der Waals surface area contributed by atoms with Gasteiger partial charge in [-0.2, -0.15) is 0 Å². The highest BCUT2D eigenvalue weighted by molar-refractivity contribution is 5.95. The third-order valence-corrected chi connectivity index (χ3v) is 6.37. The van der Waals surface area contributed by atoms with Crippen LogP contribution in [0.5, 0.6) is 0 Å². The minimum atomic E-state index is -2.26. The van der Waals surface area contributed by atoms with Gasteiger partial charge < -0.3 is 24.1 Å². The van der Waals surface area contributed by atoms with Crippen LogP contribution in [0.4, 0.5) is 0 Å². The van der Waals surface area contributed by atoms with E-state index in [1.165, 1.54) is 13.0 Å². The van der Waals surface area contributed by atoms with Gasteiger partial charge in [0.15, 0.2) is 23.6 Å². The molecule has 1 aliphatic carbocycles. The van der Waals surface area contributed by atoms with E-state index < -0.39 is 65.7 Å². The molecule has 3 aliphatic rings. The zero-order valence-corrected chi connectivity index (χ0v) is 19.6. The van der Waals surface area contributed by atoms with E-state index in [1.807, 2.05) is 20.8 Å². The highest BCUT2D eigenvalue weighted by Gasteiger charge is 2.63. The van der Waals surface area contributed by atoms with Gasteiger partial charge in [-0.1, -0.05) is 33.4 Å². The molecule has 0 radical (unpaired) electrons. The van der Waals surface area contributed by atoms with Crippen molar-refractivity contribution in [3.63, 3.8) is 0 Å². The number of Topliss-reactive ketones (excluding diaryl/α,β-unsaturated/α-hetero) is 1. The number of ether oxygens (including phenoxy) is 4. The molecule has 8 atom stereocenters. The summed E-state index contributed by atoms with van der Waals surface area (Å²) in [5.41, 5.74) is -2.24. The molecule has 2 aliphatic heterocycles. The zero-order chi connectivity index (χ0) is 24.7. The van der Waals surface area contributed by atoms with Gasteiger partial charge in [0.25, 0.3) is 0 Å². The number of allylic oxidation sites excluding steroid dienone is 1. The van der Waals surface area contributed by atoms with E-state index in [0.717, 1.165) is 6.08 Å². The van der Waals surface area contributed by atoms with Crippen molar-refractivity contribution in [1.29, 1.82) is 0 Å². The Labute approximate surface area is 193 Å². The summed E-state index contributed by atoms with van der Waals surface area (Å²) in [5, 5.41) is 11.4. The largest absolute Gasteiger partial charge is 0.458 e. The highest BCUT2D eigenvalue weighted by Crippen LogP contribution is 2.45. The average molecular weight is 465 g/mol. The molecule has 0 spiro atoms. The molecule has 9 nitrogen and oxygen atoms in total. The molecule has 0 aromatic carbocycles. The second-order valence-electron chi connectivity index (χ2n) is 9.65. The molecule has 2 heterocycles. The summed E-state index contributed by atoms with van der Waals surface area (Å²) in [6.45, 7) is 12.1. The Morgan fingerprint density at radius 1 is 1.30 bits per heavy atom. The van der Waals surface area contributed by atoms with Crippen LogP contribution < -0.4 is 0 Å². The fourth-order valence-corrected chi connectivity index (χ4v) is 4.61. The van der Waals surface area contributed by atoms with Crippen molar-refractivity contribution in [2.75, 3.05) is 0 Å². The number of esters is 3. The second-order valence-corrected chi connectivity index (χ2v) is 9.65. The van der Waals surface area contributed by atoms with E-state index in [0.29, 0.717) is 6.42 Å². The van der Waals surface area contributed by atoms with Crippen LogP contribution in [0.2, 0.25) is 0 Å². The number of epoxide rings is 1. The van der Waals surface area contributed by atoms with Crippen LogP contribution >= 0.6 is 0 Å². The number of carbonyl (C=O) groups is 4. The second kappa shape index (κ2) is 9.38. The van der Waals surface area contributed by atoms with Crippen molar-refractivity contribution in [1.82, 2.24) is 0 Å². The van der Waals surface area contributed by atoms with Gasteiger partial charge in [-0.05, 0) is 32.1 Å². The lowest BCUT2D eigenvalue weighted by atomic mass is 9.75. The van der Waals surface area contributed by atoms with Gasteiger partial charge in [0.05, 0.1) is 12.0 Å². The molecule has 1 saturated carbocycles. The number of fused-ring (bicyclic) bond motifs is 2. The molecule has 9 heteroatoms. The molecule has 8 unspecified atom stereocenters. The van der Waals surface area contributed by atoms with Crippen LogP contribution in [-0.4, -0.2) is 64.9 Å². The molecule has 33 heavy (non-hydrogen) atoms. The summed E-state index contributed by atoms with van der Waals surface area (Å²) in [4.78, 5) is 50.8. The fraction of sp³-hybridized carbons (Fsp3) is 0.667. The number of rotatable bonds is 5. The smallest absolute Gasteiger partial charge is 0.334 e. The van der Waals surface area contributed by atoms with E-state index in [2.05, 4.69) is 6.58 Å². The number of ketones is 1. The summed E-state index contributed by atoms with van der Waals surface area (Å²) in [7, 11) is 0. The van der Waals surface area contributed by atoms with Crippen LogP contribution in [0.1, 0.15) is 47.5 Å². The Kier molecular flexibility index (Phi) is 7.14. The Bertz CT molecular complexity index is 871. The molecule has 182 valence electrons. The van der Waals surface area contributed by atoms with Crippen molar-refractivity contribution in [2.45, 2.75) is 83.6 Å². The number of hydrogen-bond acceptors (Lipinski definition) is 9. The topological polar surface area (TPSA) is 129 Å². The summed E-state index contributed by atoms with van der Waals surface area (Å²) in [5.74, 6) is -3.99. The van der Waals surface area contributed by atoms with Crippen LogP contribution in [0.25, 0.3) is 0 Å². The third kappa shape index (κ3) is 5.04. The maximum absolute atomic E-state index is 13.2. The molecule has 1 N–H and O–H groups in total. The lowest BCUT2D eigenvalue weighted by molar-refractivity contribution is -0.198. The minimum Gasteiger partial charge on any atom is -0.458 e. The molecule has 0 aromatic heterocycles. The normalized spacial score (nSPS) is 38.5. The average Bonchev–Trinajstić information content (AvgIpc) is 3.45. The molecule has 2 saturated heterocycles. The maximum Gasteiger partial charge on any atom is 0.334 e. The van der Waals surface area contributed by atoms with Gasteiger partial charge >= 0.3 is 17.9 Å². The number of aliphatic hydroxyl groups is 1. The molecule has 3 rings (SSSR count). The quantitative estimate of drug-likeness (QED) is 0.279. The van der Waals surface area contributed by atoms with E-state index in [9.17, 15) is 24.3 Å². The third-order valence-electron chi connectivity index (χ3n) is 6.37. The minimum absolute atomic E-state index is 0.0142. The first-order valence-electron chi connectivity index (χ1n) is 11.2. The van der Waals surface area contributed by atoms with Crippen LogP contribution in [0.3, 0.4) is 0 Å². The Morgan fingerprint density at radius 2 is 1.97 bits per heavy atom. The molecule has 0 aromatic rings. The molecule has 0 amide bonds. The van der Waals surface area contributed by atoms with Crippen molar-refractivity contribution in [2.24, 2.45) is 17.8 Å². The predicted octanol–water partition coefficient (Wildman–Crippen LogP) is 1.66. The predicted molar refractivity (Wildman–Crippen MR) is 115 cm³/mol. The lowest BCUT2D eigenvalue weighted by Gasteiger charge is -2.39. The summed E-state index contributed by atoms with van der Waals surface area (Å²) >= 11 is 0. The molecule has 3 fully saturated rings. The van der Waals surface area contributed by atoms with Gasteiger partial charge in [-0.15, -0.1) is 0 Å². The molecular weight excluding hydrogens is 432 g/mol. The van der Waals surface area contributed by atoms with Crippen molar-refractivity contribution < 1.29 is 43.2 Å².